The Hall–Kier alpha value is -1.76. The van der Waals surface area contributed by atoms with E-state index in [1.807, 2.05) is 32.9 Å². The zero-order valence-electron chi connectivity index (χ0n) is 17.5. The van der Waals surface area contributed by atoms with Gasteiger partial charge in [-0.2, -0.15) is 0 Å². The fourth-order valence-electron chi connectivity index (χ4n) is 3.93. The molecule has 1 aliphatic rings. The smallest absolute Gasteiger partial charge is 0.419 e. The summed E-state index contributed by atoms with van der Waals surface area (Å²) in [5, 5.41) is 13.1. The maximum Gasteiger partial charge on any atom is 0.419 e. The Kier molecular flexibility index (Phi) is 6.01. The van der Waals surface area contributed by atoms with Crippen LogP contribution < -0.4 is 0 Å². The molecule has 0 spiro atoms. The highest BCUT2D eigenvalue weighted by Crippen LogP contribution is 2.36. The molecule has 0 saturated carbocycles. The van der Waals surface area contributed by atoms with Crippen molar-refractivity contribution in [3.05, 3.63) is 68.3 Å². The molecule has 0 bridgehead atoms. The molecule has 1 aromatic heterocycles. The zero-order chi connectivity index (χ0) is 22.5. The highest BCUT2D eigenvalue weighted by atomic mass is 35.5. The molecule has 0 amide bonds. The van der Waals surface area contributed by atoms with Crippen molar-refractivity contribution in [2.75, 3.05) is 6.54 Å². The van der Waals surface area contributed by atoms with Crippen LogP contribution >= 0.6 is 34.8 Å². The molecule has 0 radical (unpaired) electrons. The number of fused-ring (bicyclic) bond motifs is 3. The lowest BCUT2D eigenvalue weighted by Crippen LogP contribution is -2.29. The number of nitrogens with zero attached hydrogens (tertiary/aromatic N) is 2. The van der Waals surface area contributed by atoms with Gasteiger partial charge < -0.3 is 9.84 Å². The van der Waals surface area contributed by atoms with Crippen LogP contribution in [0.1, 0.15) is 43.7 Å². The van der Waals surface area contributed by atoms with Crippen LogP contribution in [0.5, 0.6) is 0 Å². The number of carbonyl (C=O) groups is 1. The second-order valence-corrected chi connectivity index (χ2v) is 10.0. The maximum atomic E-state index is 13.0. The summed E-state index contributed by atoms with van der Waals surface area (Å²) < 4.78 is 7.27. The third kappa shape index (κ3) is 4.57. The average molecular weight is 482 g/mol. The van der Waals surface area contributed by atoms with Gasteiger partial charge in [0.1, 0.15) is 5.60 Å². The summed E-state index contributed by atoms with van der Waals surface area (Å²) in [6.45, 7) is 6.98. The highest BCUT2D eigenvalue weighted by molar-refractivity contribution is 6.42. The minimum absolute atomic E-state index is 0.378. The first kappa shape index (κ1) is 22.4. The van der Waals surface area contributed by atoms with E-state index >= 15 is 0 Å². The minimum Gasteiger partial charge on any atom is -0.443 e. The Bertz CT molecular complexity index is 1170. The number of hydrogen-bond acceptors (Lipinski definition) is 4. The van der Waals surface area contributed by atoms with E-state index in [1.54, 1.807) is 28.8 Å². The summed E-state index contributed by atoms with van der Waals surface area (Å²) in [6, 6.07) is 10.6. The number of halogens is 3. The Morgan fingerprint density at radius 1 is 1.10 bits per heavy atom. The second kappa shape index (κ2) is 8.30. The molecule has 4 rings (SSSR count). The number of benzene rings is 2. The Morgan fingerprint density at radius 2 is 1.84 bits per heavy atom. The van der Waals surface area contributed by atoms with Crippen molar-refractivity contribution in [2.24, 2.45) is 0 Å². The maximum absolute atomic E-state index is 13.0. The van der Waals surface area contributed by atoms with Gasteiger partial charge in [-0.05, 0) is 62.2 Å². The van der Waals surface area contributed by atoms with E-state index in [4.69, 9.17) is 39.5 Å². The average Bonchev–Trinajstić information content (AvgIpc) is 3.18. The van der Waals surface area contributed by atoms with E-state index in [0.29, 0.717) is 40.3 Å². The standard InChI is InChI=1S/C23H23Cl3N2O3/c1-23(2,3)31-22(30)28-19-7-5-14(24)9-15(19)16-10-27(11-20(16)28)12-21(29)13-4-6-17(25)18(26)8-13/h4-9,21,29H,10-12H2,1-3H3. The summed E-state index contributed by atoms with van der Waals surface area (Å²) in [5.41, 5.74) is 2.72. The third-order valence-corrected chi connectivity index (χ3v) is 6.21. The van der Waals surface area contributed by atoms with E-state index in [9.17, 15) is 9.90 Å². The van der Waals surface area contributed by atoms with Crippen molar-refractivity contribution < 1.29 is 14.6 Å². The SMILES string of the molecule is CC(C)(C)OC(=O)n1c2c(c3cc(Cl)ccc31)CN(CC(O)c1ccc(Cl)c(Cl)c1)C2. The van der Waals surface area contributed by atoms with Gasteiger partial charge in [0.25, 0.3) is 0 Å². The molecule has 0 saturated heterocycles. The van der Waals surface area contributed by atoms with Crippen molar-refractivity contribution in [3.8, 4) is 0 Å². The van der Waals surface area contributed by atoms with Gasteiger partial charge in [0.15, 0.2) is 0 Å². The summed E-state index contributed by atoms with van der Waals surface area (Å²) in [5.74, 6) is 0. The summed E-state index contributed by atoms with van der Waals surface area (Å²) >= 11 is 18.3. The van der Waals surface area contributed by atoms with Crippen LogP contribution in [0.4, 0.5) is 4.79 Å². The van der Waals surface area contributed by atoms with Crippen molar-refractivity contribution in [1.82, 2.24) is 9.47 Å². The van der Waals surface area contributed by atoms with E-state index in [2.05, 4.69) is 4.90 Å². The molecule has 1 aliphatic heterocycles. The normalized spacial score (nSPS) is 15.3. The van der Waals surface area contributed by atoms with E-state index in [-0.39, 0.29) is 0 Å². The molecule has 8 heteroatoms. The van der Waals surface area contributed by atoms with Gasteiger partial charge in [-0.25, -0.2) is 9.36 Å². The topological polar surface area (TPSA) is 54.7 Å². The summed E-state index contributed by atoms with van der Waals surface area (Å²) in [4.78, 5) is 15.1. The molecule has 3 aromatic rings. The highest BCUT2D eigenvalue weighted by Gasteiger charge is 2.32. The van der Waals surface area contributed by atoms with Crippen LogP contribution in [0.2, 0.25) is 15.1 Å². The van der Waals surface area contributed by atoms with Crippen LogP contribution in [-0.4, -0.2) is 32.8 Å². The lowest BCUT2D eigenvalue weighted by Gasteiger charge is -2.22. The van der Waals surface area contributed by atoms with Crippen molar-refractivity contribution in [3.63, 3.8) is 0 Å². The number of β-amino-alcohol motifs (C(OH)–C–C–N with tert-alkyl or cyclic N) is 1. The Labute approximate surface area is 196 Å². The van der Waals surface area contributed by atoms with Crippen molar-refractivity contribution in [1.29, 1.82) is 0 Å². The fourth-order valence-corrected chi connectivity index (χ4v) is 4.41. The molecule has 2 aromatic carbocycles. The van der Waals surface area contributed by atoms with Crippen LogP contribution in [0.15, 0.2) is 36.4 Å². The van der Waals surface area contributed by atoms with Gasteiger partial charge in [0.2, 0.25) is 0 Å². The van der Waals surface area contributed by atoms with E-state index < -0.39 is 17.8 Å². The lowest BCUT2D eigenvalue weighted by molar-refractivity contribution is 0.0537. The number of carbonyl (C=O) groups excluding carboxylic acids is 1. The van der Waals surface area contributed by atoms with Gasteiger partial charge in [-0.3, -0.25) is 4.90 Å². The summed E-state index contributed by atoms with van der Waals surface area (Å²) in [6.07, 6.45) is -1.17. The minimum atomic E-state index is -0.747. The van der Waals surface area contributed by atoms with Crippen molar-refractivity contribution in [2.45, 2.75) is 45.6 Å². The Balaban J connectivity index is 1.64. The first-order valence-corrected chi connectivity index (χ1v) is 11.1. The molecule has 0 fully saturated rings. The van der Waals surface area contributed by atoms with E-state index in [1.165, 1.54) is 0 Å². The quantitative estimate of drug-likeness (QED) is 0.468. The number of aliphatic hydroxyl groups is 1. The number of aromatic nitrogens is 1. The first-order chi connectivity index (χ1) is 14.5. The van der Waals surface area contributed by atoms with Gasteiger partial charge in [0, 0.05) is 35.7 Å². The molecule has 1 unspecified atom stereocenters. The number of hydrogen-bond donors (Lipinski definition) is 1. The van der Waals surface area contributed by atoms with Crippen molar-refractivity contribution >= 4 is 51.8 Å². The zero-order valence-corrected chi connectivity index (χ0v) is 19.7. The third-order valence-electron chi connectivity index (χ3n) is 5.23. The lowest BCUT2D eigenvalue weighted by atomic mass is 10.1. The van der Waals surface area contributed by atoms with Gasteiger partial charge in [-0.1, -0.05) is 40.9 Å². The van der Waals surface area contributed by atoms with Crippen LogP contribution in [0.3, 0.4) is 0 Å². The number of rotatable bonds is 3. The molecule has 0 aliphatic carbocycles. The van der Waals surface area contributed by atoms with E-state index in [0.717, 1.165) is 22.2 Å². The predicted octanol–water partition coefficient (Wildman–Crippen LogP) is 6.43. The molecular formula is C23H23Cl3N2O3. The Morgan fingerprint density at radius 3 is 2.52 bits per heavy atom. The van der Waals surface area contributed by atoms with Gasteiger partial charge >= 0.3 is 6.09 Å². The molecule has 164 valence electrons. The monoisotopic (exact) mass is 480 g/mol. The largest absolute Gasteiger partial charge is 0.443 e. The van der Waals surface area contributed by atoms with Crippen LogP contribution in [0.25, 0.3) is 10.9 Å². The molecular weight excluding hydrogens is 459 g/mol. The van der Waals surface area contributed by atoms with Gasteiger partial charge in [-0.15, -0.1) is 0 Å². The molecule has 1 N–H and O–H groups in total. The molecule has 2 heterocycles. The summed E-state index contributed by atoms with van der Waals surface area (Å²) in [7, 11) is 0. The number of ether oxygens (including phenoxy) is 1. The number of aliphatic hydroxyl groups excluding tert-OH is 1. The van der Waals surface area contributed by atoms with Crippen LogP contribution in [-0.2, 0) is 17.8 Å². The predicted molar refractivity (Wildman–Crippen MR) is 124 cm³/mol. The second-order valence-electron chi connectivity index (χ2n) is 8.76. The van der Waals surface area contributed by atoms with Crippen LogP contribution in [0, 0.1) is 0 Å². The molecule has 31 heavy (non-hydrogen) atoms. The fraction of sp³-hybridized carbons (Fsp3) is 0.348. The van der Waals surface area contributed by atoms with Gasteiger partial charge in [0.05, 0.1) is 21.7 Å². The molecule has 1 atom stereocenters. The first-order valence-electron chi connectivity index (χ1n) is 9.94. The molecule has 5 nitrogen and oxygen atoms in total.